The van der Waals surface area contributed by atoms with E-state index in [4.69, 9.17) is 25.2 Å². The summed E-state index contributed by atoms with van der Waals surface area (Å²) in [5.41, 5.74) is 6.37. The molecule has 0 aliphatic heterocycles. The van der Waals surface area contributed by atoms with Crippen LogP contribution in [-0.4, -0.2) is 49.1 Å². The van der Waals surface area contributed by atoms with Gasteiger partial charge in [0.2, 0.25) is 0 Å². The summed E-state index contributed by atoms with van der Waals surface area (Å²) in [6.45, 7) is 6.73. The van der Waals surface area contributed by atoms with Crippen LogP contribution in [0.15, 0.2) is 35.5 Å². The third-order valence-corrected chi connectivity index (χ3v) is 4.28. The second kappa shape index (κ2) is 13.0. The first-order chi connectivity index (χ1) is 13.7. The zero-order valence-corrected chi connectivity index (χ0v) is 17.9. The zero-order valence-electron chi connectivity index (χ0n) is 17.9. The molecule has 1 amide bonds. The van der Waals surface area contributed by atoms with Crippen molar-refractivity contribution in [1.29, 1.82) is 0 Å². The molecule has 0 spiro atoms. The van der Waals surface area contributed by atoms with Gasteiger partial charge in [0.15, 0.2) is 0 Å². The number of rotatable bonds is 12. The summed E-state index contributed by atoms with van der Waals surface area (Å²) in [5, 5.41) is 14.9. The Hall–Kier alpha value is -2.32. The molecule has 0 bridgehead atoms. The molecule has 1 aromatic rings. The average Bonchev–Trinajstić information content (AvgIpc) is 2.67. The Labute approximate surface area is 173 Å². The van der Waals surface area contributed by atoms with Gasteiger partial charge in [-0.2, -0.15) is 0 Å². The van der Waals surface area contributed by atoms with Crippen LogP contribution >= 0.6 is 0 Å². The van der Waals surface area contributed by atoms with Crippen LogP contribution in [0.5, 0.6) is 0 Å². The van der Waals surface area contributed by atoms with E-state index in [1.54, 1.807) is 27.9 Å². The van der Waals surface area contributed by atoms with E-state index in [-0.39, 0.29) is 17.9 Å². The first-order valence-corrected chi connectivity index (χ1v) is 9.84. The third kappa shape index (κ3) is 11.3. The van der Waals surface area contributed by atoms with Crippen molar-refractivity contribution in [2.45, 2.75) is 58.3 Å². The lowest BCUT2D eigenvalue weighted by Crippen LogP contribution is -2.35. The molecule has 0 heterocycles. The van der Waals surface area contributed by atoms with Gasteiger partial charge in [-0.05, 0) is 45.6 Å². The number of nitrogens with one attached hydrogen (secondary N) is 1. The SMILES string of the molecule is CO[C@@H](CCC(CCNC(=O)OC(C)(C)C)C(N)=NO)COCc1ccccc1. The van der Waals surface area contributed by atoms with E-state index in [9.17, 15) is 4.79 Å². The van der Waals surface area contributed by atoms with Crippen LogP contribution in [0, 0.1) is 5.92 Å². The van der Waals surface area contributed by atoms with Gasteiger partial charge in [-0.1, -0.05) is 35.5 Å². The second-order valence-electron chi connectivity index (χ2n) is 7.87. The van der Waals surface area contributed by atoms with Crippen LogP contribution in [0.25, 0.3) is 0 Å². The summed E-state index contributed by atoms with van der Waals surface area (Å²) in [7, 11) is 1.64. The molecule has 0 aromatic heterocycles. The van der Waals surface area contributed by atoms with Crippen LogP contribution in [0.4, 0.5) is 4.79 Å². The normalized spacial score (nSPS) is 14.3. The van der Waals surface area contributed by atoms with Crippen LogP contribution < -0.4 is 11.1 Å². The molecule has 1 aromatic carbocycles. The molecule has 29 heavy (non-hydrogen) atoms. The van der Waals surface area contributed by atoms with Crippen LogP contribution in [0.1, 0.15) is 45.6 Å². The number of hydrogen-bond donors (Lipinski definition) is 3. The first kappa shape index (κ1) is 24.7. The largest absolute Gasteiger partial charge is 0.444 e. The highest BCUT2D eigenvalue weighted by Gasteiger charge is 2.19. The lowest BCUT2D eigenvalue weighted by molar-refractivity contribution is -0.00390. The van der Waals surface area contributed by atoms with Gasteiger partial charge in [0.1, 0.15) is 11.4 Å². The molecular weight excluding hydrogens is 374 g/mol. The molecule has 2 atom stereocenters. The number of carbonyl (C=O) groups is 1. The summed E-state index contributed by atoms with van der Waals surface area (Å²) in [4.78, 5) is 11.7. The molecule has 164 valence electrons. The van der Waals surface area contributed by atoms with Gasteiger partial charge in [0.25, 0.3) is 0 Å². The zero-order chi connectivity index (χ0) is 21.7. The average molecular weight is 410 g/mol. The number of nitrogens with zero attached hydrogens (tertiary/aromatic N) is 1. The minimum absolute atomic E-state index is 0.105. The molecule has 8 heteroatoms. The van der Waals surface area contributed by atoms with Gasteiger partial charge >= 0.3 is 6.09 Å². The standard InChI is InChI=1S/C21H35N3O5/c1-21(2,3)29-20(25)23-13-12-17(19(22)24-26)10-11-18(27-4)15-28-14-16-8-6-5-7-9-16/h5-9,17-18,26H,10-15H2,1-4H3,(H2,22,24)(H,23,25)/t17?,18-/m0/s1. The van der Waals surface area contributed by atoms with Gasteiger partial charge < -0.3 is 30.5 Å². The lowest BCUT2D eigenvalue weighted by Gasteiger charge is -2.22. The van der Waals surface area contributed by atoms with E-state index < -0.39 is 11.7 Å². The monoisotopic (exact) mass is 409 g/mol. The first-order valence-electron chi connectivity index (χ1n) is 9.84. The van der Waals surface area contributed by atoms with E-state index in [2.05, 4.69) is 10.5 Å². The van der Waals surface area contributed by atoms with Crippen molar-refractivity contribution in [3.8, 4) is 0 Å². The number of amidine groups is 1. The summed E-state index contributed by atoms with van der Waals surface area (Å²) < 4.78 is 16.4. The maximum absolute atomic E-state index is 11.7. The van der Waals surface area contributed by atoms with E-state index in [1.807, 2.05) is 30.3 Å². The van der Waals surface area contributed by atoms with Gasteiger partial charge in [0, 0.05) is 19.6 Å². The van der Waals surface area contributed by atoms with Gasteiger partial charge in [0.05, 0.1) is 19.3 Å². The van der Waals surface area contributed by atoms with Crippen molar-refractivity contribution >= 4 is 11.9 Å². The Morgan fingerprint density at radius 1 is 1.21 bits per heavy atom. The highest BCUT2D eigenvalue weighted by atomic mass is 16.6. The number of oxime groups is 1. The Morgan fingerprint density at radius 3 is 2.48 bits per heavy atom. The fourth-order valence-corrected chi connectivity index (χ4v) is 2.72. The maximum Gasteiger partial charge on any atom is 0.407 e. The molecule has 0 saturated carbocycles. The molecule has 4 N–H and O–H groups in total. The van der Waals surface area contributed by atoms with Crippen molar-refractivity contribution in [2.24, 2.45) is 16.8 Å². The third-order valence-electron chi connectivity index (χ3n) is 4.28. The summed E-state index contributed by atoms with van der Waals surface area (Å²) in [6, 6.07) is 9.92. The van der Waals surface area contributed by atoms with Gasteiger partial charge in [-0.25, -0.2) is 4.79 Å². The lowest BCUT2D eigenvalue weighted by atomic mass is 9.96. The fourth-order valence-electron chi connectivity index (χ4n) is 2.72. The van der Waals surface area contributed by atoms with Crippen molar-refractivity contribution in [1.82, 2.24) is 5.32 Å². The van der Waals surface area contributed by atoms with Crippen LogP contribution in [-0.2, 0) is 20.8 Å². The number of carbonyl (C=O) groups excluding carboxylic acids is 1. The molecule has 0 radical (unpaired) electrons. The van der Waals surface area contributed by atoms with E-state index in [0.29, 0.717) is 39.0 Å². The minimum Gasteiger partial charge on any atom is -0.444 e. The fraction of sp³-hybridized carbons (Fsp3) is 0.619. The smallest absolute Gasteiger partial charge is 0.407 e. The Kier molecular flexibility index (Phi) is 11.1. The number of nitrogens with two attached hydrogens (primary N) is 1. The van der Waals surface area contributed by atoms with Crippen LogP contribution in [0.2, 0.25) is 0 Å². The number of methoxy groups -OCH3 is 1. The van der Waals surface area contributed by atoms with E-state index in [0.717, 1.165) is 5.56 Å². The minimum atomic E-state index is -0.555. The number of alkyl carbamates (subject to hydrolysis) is 1. The quantitative estimate of drug-likeness (QED) is 0.211. The van der Waals surface area contributed by atoms with Crippen LogP contribution in [0.3, 0.4) is 0 Å². The molecule has 0 aliphatic carbocycles. The van der Waals surface area contributed by atoms with Gasteiger partial charge in [-0.3, -0.25) is 0 Å². The van der Waals surface area contributed by atoms with E-state index >= 15 is 0 Å². The predicted octanol–water partition coefficient (Wildman–Crippen LogP) is 3.28. The number of amides is 1. The maximum atomic E-state index is 11.7. The van der Waals surface area contributed by atoms with Crippen molar-refractivity contribution in [2.75, 3.05) is 20.3 Å². The van der Waals surface area contributed by atoms with Gasteiger partial charge in [-0.15, -0.1) is 0 Å². The summed E-state index contributed by atoms with van der Waals surface area (Å²) in [6.07, 6.45) is 1.25. The Bertz CT molecular complexity index is 616. The molecule has 0 saturated heterocycles. The number of benzene rings is 1. The predicted molar refractivity (Wildman–Crippen MR) is 112 cm³/mol. The summed E-state index contributed by atoms with van der Waals surface area (Å²) >= 11 is 0. The number of hydrogen-bond acceptors (Lipinski definition) is 6. The molecule has 8 nitrogen and oxygen atoms in total. The van der Waals surface area contributed by atoms with Crippen molar-refractivity contribution in [3.63, 3.8) is 0 Å². The number of ether oxygens (including phenoxy) is 3. The topological polar surface area (TPSA) is 115 Å². The summed E-state index contributed by atoms with van der Waals surface area (Å²) in [5.74, 6) is -0.0576. The molecule has 1 rings (SSSR count). The molecule has 0 aliphatic rings. The van der Waals surface area contributed by atoms with E-state index in [1.165, 1.54) is 0 Å². The molecule has 0 fully saturated rings. The molecular formula is C21H35N3O5. The Balaban J connectivity index is 2.41. The Morgan fingerprint density at radius 2 is 1.90 bits per heavy atom. The highest BCUT2D eigenvalue weighted by Crippen LogP contribution is 2.15. The van der Waals surface area contributed by atoms with Crippen molar-refractivity contribution < 1.29 is 24.2 Å². The van der Waals surface area contributed by atoms with Crippen molar-refractivity contribution in [3.05, 3.63) is 35.9 Å². The highest BCUT2D eigenvalue weighted by molar-refractivity contribution is 5.82. The molecule has 1 unspecified atom stereocenters. The second-order valence-corrected chi connectivity index (χ2v) is 7.87.